The van der Waals surface area contributed by atoms with Crippen molar-refractivity contribution in [2.45, 2.75) is 0 Å². The van der Waals surface area contributed by atoms with Gasteiger partial charge >= 0.3 is 0 Å². The maximum atomic E-state index is 5.01. The molecule has 2 rings (SSSR count). The van der Waals surface area contributed by atoms with Crippen molar-refractivity contribution in [1.82, 2.24) is 0 Å². The van der Waals surface area contributed by atoms with Crippen molar-refractivity contribution in [3.8, 4) is 0 Å². The molecule has 1 aliphatic rings. The highest BCUT2D eigenvalue weighted by Gasteiger charge is 2.25. The molecule has 1 aromatic carbocycles. The molecule has 45 valence electrons. The van der Waals surface area contributed by atoms with Gasteiger partial charge in [-0.15, -0.1) is 0 Å². The Morgan fingerprint density at radius 1 is 1.11 bits per heavy atom. The molecule has 0 atom stereocenters. The van der Waals surface area contributed by atoms with Crippen LogP contribution in [-0.4, -0.2) is 6.61 Å². The van der Waals surface area contributed by atoms with Crippen LogP contribution in [0.2, 0.25) is 0 Å². The Hall–Kier alpha value is -0.820. The number of epoxide rings is 1. The Balaban J connectivity index is 2.29. The fourth-order valence-electron chi connectivity index (χ4n) is 0.827. The predicted molar refractivity (Wildman–Crippen MR) is 34.7 cm³/mol. The van der Waals surface area contributed by atoms with Gasteiger partial charge in [0.05, 0.1) is 6.61 Å². The van der Waals surface area contributed by atoms with Gasteiger partial charge in [0.2, 0.25) is 0 Å². The summed E-state index contributed by atoms with van der Waals surface area (Å²) in [4.78, 5) is 0. The summed E-state index contributed by atoms with van der Waals surface area (Å²) in [5, 5.41) is 0. The highest BCUT2D eigenvalue weighted by Crippen LogP contribution is 2.27. The number of rotatable bonds is 1. The Morgan fingerprint density at radius 3 is 2.33 bits per heavy atom. The first-order valence-corrected chi connectivity index (χ1v) is 3.01. The fraction of sp³-hybridized carbons (Fsp3) is 0.125. The van der Waals surface area contributed by atoms with Gasteiger partial charge in [-0.05, 0) is 5.56 Å². The molecule has 0 spiro atoms. The standard InChI is InChI=1S/C8H7O/c1-2-4-7(5-3-1)8-6-9-8/h1-5H,6H2. The van der Waals surface area contributed by atoms with Gasteiger partial charge in [-0.3, -0.25) is 0 Å². The first kappa shape index (κ1) is 5.00. The third-order valence-electron chi connectivity index (χ3n) is 1.38. The van der Waals surface area contributed by atoms with Gasteiger partial charge in [0.15, 0.2) is 6.10 Å². The van der Waals surface area contributed by atoms with E-state index in [1.165, 1.54) is 5.56 Å². The zero-order chi connectivity index (χ0) is 6.10. The van der Waals surface area contributed by atoms with Crippen LogP contribution in [-0.2, 0) is 4.74 Å². The van der Waals surface area contributed by atoms with Crippen LogP contribution < -0.4 is 0 Å². The zero-order valence-corrected chi connectivity index (χ0v) is 5.00. The van der Waals surface area contributed by atoms with E-state index in [1.54, 1.807) is 0 Å². The summed E-state index contributed by atoms with van der Waals surface area (Å²) in [6.07, 6.45) is 1.12. The number of benzene rings is 1. The second-order valence-corrected chi connectivity index (χ2v) is 2.08. The monoisotopic (exact) mass is 119 g/mol. The average molecular weight is 119 g/mol. The van der Waals surface area contributed by atoms with Crippen LogP contribution in [0.15, 0.2) is 30.3 Å². The maximum absolute atomic E-state index is 5.01. The molecule has 1 heterocycles. The zero-order valence-electron chi connectivity index (χ0n) is 5.00. The Kier molecular flexibility index (Phi) is 1.03. The van der Waals surface area contributed by atoms with Gasteiger partial charge < -0.3 is 4.74 Å². The van der Waals surface area contributed by atoms with Gasteiger partial charge in [-0.1, -0.05) is 30.3 Å². The van der Waals surface area contributed by atoms with Gasteiger partial charge in [0, 0.05) is 0 Å². The van der Waals surface area contributed by atoms with E-state index in [-0.39, 0.29) is 0 Å². The number of ether oxygens (including phenoxy) is 1. The molecule has 9 heavy (non-hydrogen) atoms. The first-order chi connectivity index (χ1) is 4.47. The minimum Gasteiger partial charge on any atom is -0.361 e. The molecule has 1 radical (unpaired) electrons. The van der Waals surface area contributed by atoms with E-state index in [0.29, 0.717) is 0 Å². The molecule has 1 aromatic rings. The molecule has 0 aromatic heterocycles. The van der Waals surface area contributed by atoms with Crippen molar-refractivity contribution in [2.24, 2.45) is 0 Å². The summed E-state index contributed by atoms with van der Waals surface area (Å²) >= 11 is 0. The fourth-order valence-corrected chi connectivity index (χ4v) is 0.827. The van der Waals surface area contributed by atoms with Crippen molar-refractivity contribution >= 4 is 0 Å². The lowest BCUT2D eigenvalue weighted by Crippen LogP contribution is -1.76. The molecule has 1 heteroatoms. The molecule has 1 nitrogen and oxygen atoms in total. The summed E-state index contributed by atoms with van der Waals surface area (Å²) in [7, 11) is 0. The summed E-state index contributed by atoms with van der Waals surface area (Å²) in [6, 6.07) is 10.2. The van der Waals surface area contributed by atoms with Crippen LogP contribution in [0.1, 0.15) is 5.56 Å². The molecular weight excluding hydrogens is 112 g/mol. The topological polar surface area (TPSA) is 12.5 Å². The second kappa shape index (κ2) is 1.85. The van der Waals surface area contributed by atoms with E-state index >= 15 is 0 Å². The molecular formula is C8H7O. The van der Waals surface area contributed by atoms with E-state index in [4.69, 9.17) is 4.74 Å². The average Bonchev–Trinajstić information content (AvgIpc) is 2.71. The molecule has 0 aliphatic carbocycles. The molecule has 1 aliphatic heterocycles. The molecule has 0 saturated carbocycles. The molecule has 0 unspecified atom stereocenters. The molecule has 1 fully saturated rings. The highest BCUT2D eigenvalue weighted by molar-refractivity contribution is 5.31. The largest absolute Gasteiger partial charge is 0.361 e. The van der Waals surface area contributed by atoms with Gasteiger partial charge in [0.25, 0.3) is 0 Å². The van der Waals surface area contributed by atoms with E-state index in [9.17, 15) is 0 Å². The summed E-state index contributed by atoms with van der Waals surface area (Å²) < 4.78 is 5.01. The van der Waals surface area contributed by atoms with Crippen LogP contribution >= 0.6 is 0 Å². The molecule has 0 bridgehead atoms. The van der Waals surface area contributed by atoms with E-state index < -0.39 is 0 Å². The lowest BCUT2D eigenvalue weighted by atomic mass is 10.2. The van der Waals surface area contributed by atoms with Crippen LogP contribution in [0.3, 0.4) is 0 Å². The highest BCUT2D eigenvalue weighted by atomic mass is 16.6. The van der Waals surface area contributed by atoms with Crippen molar-refractivity contribution in [2.75, 3.05) is 6.61 Å². The van der Waals surface area contributed by atoms with Crippen LogP contribution in [0.4, 0.5) is 0 Å². The minimum absolute atomic E-state index is 0.823. The number of hydrogen-bond donors (Lipinski definition) is 0. The van der Waals surface area contributed by atoms with Crippen molar-refractivity contribution in [1.29, 1.82) is 0 Å². The lowest BCUT2D eigenvalue weighted by Gasteiger charge is -1.88. The summed E-state index contributed by atoms with van der Waals surface area (Å²) in [5.41, 5.74) is 1.22. The maximum Gasteiger partial charge on any atom is 0.152 e. The smallest absolute Gasteiger partial charge is 0.152 e. The number of hydrogen-bond acceptors (Lipinski definition) is 1. The summed E-state index contributed by atoms with van der Waals surface area (Å²) in [5.74, 6) is 0. The molecule has 0 N–H and O–H groups in total. The first-order valence-electron chi connectivity index (χ1n) is 3.01. The predicted octanol–water partition coefficient (Wildman–Crippen LogP) is 1.60. The SMILES string of the molecule is c1ccc([C]2CO2)cc1. The molecule has 0 amide bonds. The van der Waals surface area contributed by atoms with Crippen LogP contribution in [0.5, 0.6) is 0 Å². The third-order valence-corrected chi connectivity index (χ3v) is 1.38. The van der Waals surface area contributed by atoms with E-state index in [1.807, 2.05) is 18.2 Å². The normalized spacial score (nSPS) is 17.8. The van der Waals surface area contributed by atoms with Crippen LogP contribution in [0.25, 0.3) is 0 Å². The minimum atomic E-state index is 0.823. The summed E-state index contributed by atoms with van der Waals surface area (Å²) in [6.45, 7) is 0.823. The third kappa shape index (κ3) is 0.958. The van der Waals surface area contributed by atoms with Crippen LogP contribution in [0, 0.1) is 6.10 Å². The molecule has 1 saturated heterocycles. The lowest BCUT2D eigenvalue weighted by molar-refractivity contribution is 0.482. The van der Waals surface area contributed by atoms with Gasteiger partial charge in [-0.25, -0.2) is 0 Å². The van der Waals surface area contributed by atoms with Crippen molar-refractivity contribution in [3.05, 3.63) is 42.0 Å². The second-order valence-electron chi connectivity index (χ2n) is 2.08. The van der Waals surface area contributed by atoms with E-state index in [0.717, 1.165) is 12.7 Å². The van der Waals surface area contributed by atoms with Gasteiger partial charge in [-0.2, -0.15) is 0 Å². The van der Waals surface area contributed by atoms with E-state index in [2.05, 4.69) is 12.1 Å². The quantitative estimate of drug-likeness (QED) is 0.511. The van der Waals surface area contributed by atoms with Crippen molar-refractivity contribution < 1.29 is 4.74 Å². The Bertz CT molecular complexity index is 189. The Morgan fingerprint density at radius 2 is 1.78 bits per heavy atom. The Labute approximate surface area is 54.3 Å². The van der Waals surface area contributed by atoms with Crippen molar-refractivity contribution in [3.63, 3.8) is 0 Å². The van der Waals surface area contributed by atoms with Gasteiger partial charge in [0.1, 0.15) is 0 Å².